The molecule has 0 aliphatic heterocycles. The summed E-state index contributed by atoms with van der Waals surface area (Å²) in [6.07, 6.45) is 3.03. The number of rotatable bonds is 6. The lowest BCUT2D eigenvalue weighted by atomic mass is 10.1. The molecule has 5 nitrogen and oxygen atoms in total. The molecule has 0 unspecified atom stereocenters. The predicted molar refractivity (Wildman–Crippen MR) is 71.3 cm³/mol. The van der Waals surface area contributed by atoms with E-state index in [1.807, 2.05) is 24.4 Å². The standard InChI is InChI=1S/C14H18N2O3/c1-11(17)13-5-4-12(18-2)10-14(13)19-9-8-16-7-3-6-15-16/h3-7,10-11,17H,8-9H2,1-2H3/t11-/m0/s1. The molecule has 1 N–H and O–H groups in total. The van der Waals surface area contributed by atoms with Gasteiger partial charge in [0.1, 0.15) is 18.1 Å². The van der Waals surface area contributed by atoms with Crippen molar-refractivity contribution in [1.29, 1.82) is 0 Å². The van der Waals surface area contributed by atoms with Crippen LogP contribution in [-0.2, 0) is 6.54 Å². The Morgan fingerprint density at radius 3 is 2.89 bits per heavy atom. The zero-order valence-electron chi connectivity index (χ0n) is 11.1. The second kappa shape index (κ2) is 6.24. The molecule has 19 heavy (non-hydrogen) atoms. The van der Waals surface area contributed by atoms with Gasteiger partial charge in [-0.3, -0.25) is 4.68 Å². The van der Waals surface area contributed by atoms with Gasteiger partial charge in [-0.05, 0) is 25.1 Å². The van der Waals surface area contributed by atoms with Crippen molar-refractivity contribution >= 4 is 0 Å². The third-order valence-electron chi connectivity index (χ3n) is 2.81. The first-order valence-electron chi connectivity index (χ1n) is 6.17. The normalized spacial score (nSPS) is 12.2. The minimum Gasteiger partial charge on any atom is -0.497 e. The van der Waals surface area contributed by atoms with E-state index in [0.29, 0.717) is 24.7 Å². The first-order chi connectivity index (χ1) is 9.20. The summed E-state index contributed by atoms with van der Waals surface area (Å²) in [4.78, 5) is 0. The fraction of sp³-hybridized carbons (Fsp3) is 0.357. The van der Waals surface area contributed by atoms with Gasteiger partial charge in [-0.25, -0.2) is 0 Å². The smallest absolute Gasteiger partial charge is 0.128 e. The van der Waals surface area contributed by atoms with Gasteiger partial charge in [0.15, 0.2) is 0 Å². The van der Waals surface area contributed by atoms with Gasteiger partial charge < -0.3 is 14.6 Å². The molecule has 0 saturated carbocycles. The fourth-order valence-corrected chi connectivity index (χ4v) is 1.79. The zero-order valence-corrected chi connectivity index (χ0v) is 11.1. The van der Waals surface area contributed by atoms with Crippen molar-refractivity contribution in [1.82, 2.24) is 9.78 Å². The number of ether oxygens (including phenoxy) is 2. The Kier molecular flexibility index (Phi) is 4.41. The van der Waals surface area contributed by atoms with Gasteiger partial charge in [0.25, 0.3) is 0 Å². The predicted octanol–water partition coefficient (Wildman–Crippen LogP) is 2.02. The summed E-state index contributed by atoms with van der Waals surface area (Å²) < 4.78 is 12.7. The van der Waals surface area contributed by atoms with Gasteiger partial charge in [-0.15, -0.1) is 0 Å². The molecule has 0 amide bonds. The number of hydrogen-bond donors (Lipinski definition) is 1. The Morgan fingerprint density at radius 1 is 1.42 bits per heavy atom. The summed E-state index contributed by atoms with van der Waals surface area (Å²) in [7, 11) is 1.60. The molecule has 1 aromatic carbocycles. The average Bonchev–Trinajstić information content (AvgIpc) is 2.91. The summed E-state index contributed by atoms with van der Waals surface area (Å²) in [5.41, 5.74) is 0.751. The largest absolute Gasteiger partial charge is 0.497 e. The van der Waals surface area contributed by atoms with Gasteiger partial charge in [0.05, 0.1) is 19.8 Å². The van der Waals surface area contributed by atoms with E-state index in [4.69, 9.17) is 9.47 Å². The lowest BCUT2D eigenvalue weighted by molar-refractivity contribution is 0.189. The summed E-state index contributed by atoms with van der Waals surface area (Å²) >= 11 is 0. The molecule has 0 fully saturated rings. The van der Waals surface area contributed by atoms with E-state index in [9.17, 15) is 5.11 Å². The van der Waals surface area contributed by atoms with E-state index >= 15 is 0 Å². The molecule has 5 heteroatoms. The summed E-state index contributed by atoms with van der Waals surface area (Å²) in [5, 5.41) is 13.8. The Morgan fingerprint density at radius 2 is 2.26 bits per heavy atom. The van der Waals surface area contributed by atoms with Crippen LogP contribution in [-0.4, -0.2) is 28.6 Å². The topological polar surface area (TPSA) is 56.5 Å². The lowest BCUT2D eigenvalue weighted by Crippen LogP contribution is -2.10. The molecule has 0 saturated heterocycles. The third kappa shape index (κ3) is 3.48. The van der Waals surface area contributed by atoms with E-state index in [0.717, 1.165) is 5.56 Å². The van der Waals surface area contributed by atoms with Crippen molar-refractivity contribution in [3.63, 3.8) is 0 Å². The molecule has 0 radical (unpaired) electrons. The summed E-state index contributed by atoms with van der Waals surface area (Å²) in [5.74, 6) is 1.35. The minimum absolute atomic E-state index is 0.481. The summed E-state index contributed by atoms with van der Waals surface area (Å²) in [6.45, 7) is 2.85. The van der Waals surface area contributed by atoms with E-state index in [2.05, 4.69) is 5.10 Å². The molecule has 102 valence electrons. The summed E-state index contributed by atoms with van der Waals surface area (Å²) in [6, 6.07) is 7.27. The Labute approximate surface area is 112 Å². The van der Waals surface area contributed by atoms with Gasteiger partial charge in [0, 0.05) is 24.0 Å². The maximum Gasteiger partial charge on any atom is 0.128 e. The number of hydrogen-bond acceptors (Lipinski definition) is 4. The molecule has 1 heterocycles. The van der Waals surface area contributed by atoms with Crippen LogP contribution in [0.15, 0.2) is 36.7 Å². The molecule has 0 bridgehead atoms. The Hall–Kier alpha value is -2.01. The highest BCUT2D eigenvalue weighted by atomic mass is 16.5. The first kappa shape index (κ1) is 13.4. The second-order valence-corrected chi connectivity index (χ2v) is 4.20. The first-order valence-corrected chi connectivity index (χ1v) is 6.17. The van der Waals surface area contributed by atoms with Crippen LogP contribution in [0.4, 0.5) is 0 Å². The second-order valence-electron chi connectivity index (χ2n) is 4.20. The van der Waals surface area contributed by atoms with Gasteiger partial charge >= 0.3 is 0 Å². The van der Waals surface area contributed by atoms with Gasteiger partial charge in [-0.2, -0.15) is 5.10 Å². The van der Waals surface area contributed by atoms with Crippen LogP contribution < -0.4 is 9.47 Å². The SMILES string of the molecule is COc1ccc([C@H](C)O)c(OCCn2cccn2)c1. The van der Waals surface area contributed by atoms with Crippen molar-refractivity contribution in [3.8, 4) is 11.5 Å². The van der Waals surface area contributed by atoms with Crippen LogP contribution in [0.1, 0.15) is 18.6 Å². The number of benzene rings is 1. The van der Waals surface area contributed by atoms with Crippen molar-refractivity contribution in [2.24, 2.45) is 0 Å². The average molecular weight is 262 g/mol. The van der Waals surface area contributed by atoms with Crippen molar-refractivity contribution in [3.05, 3.63) is 42.2 Å². The highest BCUT2D eigenvalue weighted by Crippen LogP contribution is 2.29. The quantitative estimate of drug-likeness (QED) is 0.865. The van der Waals surface area contributed by atoms with Crippen LogP contribution in [0.2, 0.25) is 0 Å². The van der Waals surface area contributed by atoms with E-state index in [-0.39, 0.29) is 0 Å². The third-order valence-corrected chi connectivity index (χ3v) is 2.81. The van der Waals surface area contributed by atoms with Crippen molar-refractivity contribution in [2.75, 3.05) is 13.7 Å². The lowest BCUT2D eigenvalue weighted by Gasteiger charge is -2.14. The van der Waals surface area contributed by atoms with Crippen molar-refractivity contribution < 1.29 is 14.6 Å². The number of methoxy groups -OCH3 is 1. The van der Waals surface area contributed by atoms with E-state index in [1.165, 1.54) is 0 Å². The molecule has 0 aliphatic carbocycles. The maximum absolute atomic E-state index is 9.71. The van der Waals surface area contributed by atoms with Gasteiger partial charge in [-0.1, -0.05) is 0 Å². The van der Waals surface area contributed by atoms with Gasteiger partial charge in [0.2, 0.25) is 0 Å². The molecule has 1 aromatic heterocycles. The highest BCUT2D eigenvalue weighted by Gasteiger charge is 2.10. The van der Waals surface area contributed by atoms with Crippen LogP contribution in [0.3, 0.4) is 0 Å². The molecule has 1 atom stereocenters. The Bertz CT molecular complexity index is 509. The molecular weight excluding hydrogens is 244 g/mol. The molecule has 0 spiro atoms. The Balaban J connectivity index is 2.04. The number of aliphatic hydroxyl groups excluding tert-OH is 1. The highest BCUT2D eigenvalue weighted by molar-refractivity contribution is 5.41. The molecule has 2 rings (SSSR count). The number of aromatic nitrogens is 2. The van der Waals surface area contributed by atoms with Crippen molar-refractivity contribution in [2.45, 2.75) is 19.6 Å². The molecular formula is C14H18N2O3. The minimum atomic E-state index is -0.578. The van der Waals surface area contributed by atoms with Crippen LogP contribution in [0.25, 0.3) is 0 Å². The van der Waals surface area contributed by atoms with E-state index in [1.54, 1.807) is 31.0 Å². The maximum atomic E-state index is 9.71. The van der Waals surface area contributed by atoms with Crippen LogP contribution in [0, 0.1) is 0 Å². The zero-order chi connectivity index (χ0) is 13.7. The monoisotopic (exact) mass is 262 g/mol. The molecule has 0 aliphatic rings. The molecule has 2 aromatic rings. The number of aliphatic hydroxyl groups is 1. The van der Waals surface area contributed by atoms with E-state index < -0.39 is 6.10 Å². The number of nitrogens with zero attached hydrogens (tertiary/aromatic N) is 2. The fourth-order valence-electron chi connectivity index (χ4n) is 1.79. The van der Waals surface area contributed by atoms with Crippen LogP contribution >= 0.6 is 0 Å². The van der Waals surface area contributed by atoms with Crippen LogP contribution in [0.5, 0.6) is 11.5 Å².